The van der Waals surface area contributed by atoms with E-state index in [0.29, 0.717) is 48.2 Å². The van der Waals surface area contributed by atoms with Crippen LogP contribution in [0.2, 0.25) is 0 Å². The van der Waals surface area contributed by atoms with Crippen molar-refractivity contribution in [1.29, 1.82) is 0 Å². The number of aromatic nitrogens is 3. The lowest BCUT2D eigenvalue weighted by Crippen LogP contribution is -2.43. The Morgan fingerprint density at radius 3 is 2.36 bits per heavy atom. The van der Waals surface area contributed by atoms with Gasteiger partial charge in [0.25, 0.3) is 11.8 Å². The topological polar surface area (TPSA) is 93.7 Å². The SMILES string of the molecule is CCCCN(CCCC)C(=O)c1cc(OC)n(-c2ccc(-c3c(C)noc3C)cc2C(=O)N2Cc3ccccc3CC2C)n1. The van der Waals surface area contributed by atoms with Gasteiger partial charge in [-0.25, -0.2) is 0 Å². The molecule has 1 atom stereocenters. The lowest BCUT2D eigenvalue weighted by Gasteiger charge is -2.35. The van der Waals surface area contributed by atoms with Crippen LogP contribution in [0.25, 0.3) is 16.8 Å². The van der Waals surface area contributed by atoms with Crippen LogP contribution in [0.1, 0.15) is 89.9 Å². The summed E-state index contributed by atoms with van der Waals surface area (Å²) in [6, 6.07) is 15.6. The molecule has 2 aromatic carbocycles. The standard InChI is InChI=1S/C35H43N5O4/c1-7-9-17-38(18-10-8-2)35(42)30-21-32(43-6)40(36-30)31-16-15-27(33-24(4)37-44-25(33)5)20-29(31)34(41)39-22-28-14-12-11-13-26(28)19-23(39)3/h11-16,20-21,23H,7-10,17-19,22H2,1-6H3. The first-order chi connectivity index (χ1) is 21.3. The number of rotatable bonds is 11. The van der Waals surface area contributed by atoms with Gasteiger partial charge in [-0.3, -0.25) is 9.59 Å². The first kappa shape index (κ1) is 31.0. The average Bonchev–Trinajstić information content (AvgIpc) is 3.62. The van der Waals surface area contributed by atoms with E-state index in [1.165, 1.54) is 5.56 Å². The Morgan fingerprint density at radius 2 is 1.73 bits per heavy atom. The number of aryl methyl sites for hydroxylation is 2. The fraction of sp³-hybridized carbons (Fsp3) is 0.429. The fourth-order valence-electron chi connectivity index (χ4n) is 6.01. The van der Waals surface area contributed by atoms with Gasteiger partial charge >= 0.3 is 0 Å². The van der Waals surface area contributed by atoms with Crippen molar-refractivity contribution in [2.24, 2.45) is 0 Å². The van der Waals surface area contributed by atoms with Crippen LogP contribution in [0.3, 0.4) is 0 Å². The number of carbonyl (C=O) groups excluding carboxylic acids is 2. The van der Waals surface area contributed by atoms with Crippen LogP contribution in [-0.4, -0.2) is 62.8 Å². The van der Waals surface area contributed by atoms with Crippen LogP contribution in [0.4, 0.5) is 0 Å². The van der Waals surface area contributed by atoms with Gasteiger partial charge in [-0.1, -0.05) is 62.2 Å². The van der Waals surface area contributed by atoms with Gasteiger partial charge in [0.2, 0.25) is 5.88 Å². The molecule has 9 heteroatoms. The van der Waals surface area contributed by atoms with E-state index in [0.717, 1.165) is 54.5 Å². The molecule has 5 rings (SSSR count). The molecule has 0 fully saturated rings. The van der Waals surface area contributed by atoms with E-state index < -0.39 is 0 Å². The molecule has 0 radical (unpaired) electrons. The Hall–Kier alpha value is -4.40. The van der Waals surface area contributed by atoms with E-state index in [4.69, 9.17) is 14.4 Å². The molecule has 0 saturated heterocycles. The van der Waals surface area contributed by atoms with Crippen LogP contribution in [0, 0.1) is 13.8 Å². The highest BCUT2D eigenvalue weighted by Gasteiger charge is 2.31. The van der Waals surface area contributed by atoms with Gasteiger partial charge in [0, 0.05) is 37.3 Å². The molecule has 0 aliphatic carbocycles. The Bertz CT molecular complexity index is 1610. The summed E-state index contributed by atoms with van der Waals surface area (Å²) in [5.41, 5.74) is 6.14. The zero-order chi connectivity index (χ0) is 31.4. The second-order valence-electron chi connectivity index (χ2n) is 11.7. The van der Waals surface area contributed by atoms with Gasteiger partial charge in [0.15, 0.2) is 5.69 Å². The van der Waals surface area contributed by atoms with Crippen LogP contribution in [0.5, 0.6) is 5.88 Å². The van der Waals surface area contributed by atoms with Crippen LogP contribution < -0.4 is 4.74 Å². The minimum Gasteiger partial charge on any atom is -0.481 e. The van der Waals surface area contributed by atoms with E-state index in [1.807, 2.05) is 54.0 Å². The molecule has 4 aromatic rings. The summed E-state index contributed by atoms with van der Waals surface area (Å²) >= 11 is 0. The normalized spacial score (nSPS) is 14.4. The lowest BCUT2D eigenvalue weighted by atomic mass is 9.93. The molecule has 2 aromatic heterocycles. The number of hydrogen-bond acceptors (Lipinski definition) is 6. The summed E-state index contributed by atoms with van der Waals surface area (Å²) < 4.78 is 12.8. The number of fused-ring (bicyclic) bond motifs is 1. The molecule has 0 saturated carbocycles. The average molecular weight is 598 g/mol. The molecule has 1 unspecified atom stereocenters. The summed E-state index contributed by atoms with van der Waals surface area (Å²) in [6.07, 6.45) is 4.61. The smallest absolute Gasteiger partial charge is 0.274 e. The molecule has 1 aliphatic rings. The summed E-state index contributed by atoms with van der Waals surface area (Å²) in [5, 5.41) is 8.89. The fourth-order valence-corrected chi connectivity index (χ4v) is 6.01. The first-order valence-electron chi connectivity index (χ1n) is 15.7. The van der Waals surface area contributed by atoms with Crippen molar-refractivity contribution < 1.29 is 18.8 Å². The predicted octanol–water partition coefficient (Wildman–Crippen LogP) is 6.78. The van der Waals surface area contributed by atoms with Crippen molar-refractivity contribution in [2.45, 2.75) is 79.3 Å². The Balaban J connectivity index is 1.60. The number of unbranched alkanes of at least 4 members (excludes halogenated alkanes) is 2. The monoisotopic (exact) mass is 597 g/mol. The Labute approximate surface area is 259 Å². The maximum absolute atomic E-state index is 14.5. The number of ether oxygens (including phenoxy) is 1. The third-order valence-corrected chi connectivity index (χ3v) is 8.50. The molecular weight excluding hydrogens is 554 g/mol. The molecule has 0 bridgehead atoms. The number of methoxy groups -OCH3 is 1. The molecule has 2 amide bonds. The van der Waals surface area contributed by atoms with Crippen molar-refractivity contribution in [3.8, 4) is 22.7 Å². The molecule has 1 aliphatic heterocycles. The van der Waals surface area contributed by atoms with Gasteiger partial charge in [0.05, 0.1) is 24.1 Å². The van der Waals surface area contributed by atoms with Gasteiger partial charge in [-0.2, -0.15) is 9.78 Å². The zero-order valence-electron chi connectivity index (χ0n) is 26.7. The van der Waals surface area contributed by atoms with Crippen LogP contribution in [0.15, 0.2) is 53.1 Å². The first-order valence-corrected chi connectivity index (χ1v) is 15.7. The Kier molecular flexibility index (Phi) is 9.52. The number of amides is 2. The zero-order valence-corrected chi connectivity index (χ0v) is 26.7. The van der Waals surface area contributed by atoms with Crippen molar-refractivity contribution in [3.63, 3.8) is 0 Å². The number of benzene rings is 2. The van der Waals surface area contributed by atoms with Gasteiger partial charge < -0.3 is 19.1 Å². The minimum atomic E-state index is -0.134. The molecular formula is C35H43N5O4. The third kappa shape index (κ3) is 6.14. The number of nitrogens with zero attached hydrogens (tertiary/aromatic N) is 5. The summed E-state index contributed by atoms with van der Waals surface area (Å²) in [4.78, 5) is 32.0. The third-order valence-electron chi connectivity index (χ3n) is 8.50. The Morgan fingerprint density at radius 1 is 1.02 bits per heavy atom. The van der Waals surface area contributed by atoms with Crippen molar-refractivity contribution in [1.82, 2.24) is 24.7 Å². The number of carbonyl (C=O) groups is 2. The molecule has 232 valence electrons. The van der Waals surface area contributed by atoms with E-state index >= 15 is 0 Å². The highest BCUT2D eigenvalue weighted by molar-refractivity contribution is 6.00. The number of hydrogen-bond donors (Lipinski definition) is 0. The highest BCUT2D eigenvalue weighted by Crippen LogP contribution is 2.33. The maximum atomic E-state index is 14.5. The molecule has 0 N–H and O–H groups in total. The van der Waals surface area contributed by atoms with E-state index in [1.54, 1.807) is 17.9 Å². The highest BCUT2D eigenvalue weighted by atomic mass is 16.5. The molecule has 9 nitrogen and oxygen atoms in total. The summed E-state index contributed by atoms with van der Waals surface area (Å²) in [6.45, 7) is 11.9. The van der Waals surface area contributed by atoms with Gasteiger partial charge in [-0.15, -0.1) is 0 Å². The predicted molar refractivity (Wildman–Crippen MR) is 170 cm³/mol. The van der Waals surface area contributed by atoms with Gasteiger partial charge in [0.1, 0.15) is 5.76 Å². The summed E-state index contributed by atoms with van der Waals surface area (Å²) in [5.74, 6) is 0.812. The van der Waals surface area contributed by atoms with Crippen molar-refractivity contribution >= 4 is 11.8 Å². The molecule has 0 spiro atoms. The maximum Gasteiger partial charge on any atom is 0.274 e. The summed E-state index contributed by atoms with van der Waals surface area (Å²) in [7, 11) is 1.55. The van der Waals surface area contributed by atoms with Crippen molar-refractivity contribution in [2.75, 3.05) is 20.2 Å². The second kappa shape index (κ2) is 13.5. The van der Waals surface area contributed by atoms with Crippen molar-refractivity contribution in [3.05, 3.63) is 82.4 Å². The van der Waals surface area contributed by atoms with Crippen LogP contribution in [-0.2, 0) is 13.0 Å². The quantitative estimate of drug-likeness (QED) is 0.189. The van der Waals surface area contributed by atoms with E-state index in [9.17, 15) is 9.59 Å². The van der Waals surface area contributed by atoms with Crippen LogP contribution >= 0.6 is 0 Å². The largest absolute Gasteiger partial charge is 0.481 e. The minimum absolute atomic E-state index is 0.00434. The lowest BCUT2D eigenvalue weighted by molar-refractivity contribution is 0.0657. The van der Waals surface area contributed by atoms with E-state index in [2.05, 4.69) is 38.1 Å². The molecule has 3 heterocycles. The van der Waals surface area contributed by atoms with Gasteiger partial charge in [-0.05, 0) is 68.9 Å². The second-order valence-corrected chi connectivity index (χ2v) is 11.7. The molecule has 44 heavy (non-hydrogen) atoms. The van der Waals surface area contributed by atoms with E-state index in [-0.39, 0.29) is 17.9 Å².